The van der Waals surface area contributed by atoms with E-state index >= 15 is 0 Å². The standard InChI is InChI=1S/C85H160N2O21/c1-4-6-8-10-12-14-16-18-20-22-24-26-28-30-31-32-33-35-37-39-41-43-45-47-49-51-53-55-57-59-72(95)87-66(67(92)58-56-54-52-50-48-46-44-42-40-38-36-34-29-27-25-23-21-19-17-15-13-11-9-7-5-2)64-103-82-77(99)76(98)79(71(63-90)105-82)106-83-78(100)81(75(97)70(62-89)104-83)108-85(84(101)102)60-68(93)73(86-65(3)91)80(107-85)74(96)69(94)61-88/h30-31,66-71,73-83,88-90,92-94,96-100H,4-29,32-64H2,1-3H3,(H,86,91)(H,87,95)(H,101,102)/b31-30-. The summed E-state index contributed by atoms with van der Waals surface area (Å²) in [5, 5.41) is 137. The number of carboxylic acid groups (broad SMARTS) is 1. The topological polar surface area (TPSA) is 373 Å². The highest BCUT2D eigenvalue weighted by Gasteiger charge is 2.60. The SMILES string of the molecule is CCCCCCCCCCCCCC/C=C\CCCCCCCCCCCCCCCC(=O)NC(COC1OC(CO)C(OC2OC(CO)C(O)C(OC3(C(=O)O)CC(O)C(NC(C)=O)C(C(O)C(O)CO)O3)C2O)C(O)C1O)C(O)CCCCCCCCCCCCCCCCCCCCCCCCCCC. The summed E-state index contributed by atoms with van der Waals surface area (Å²) < 4.78 is 35.1. The van der Waals surface area contributed by atoms with E-state index in [0.717, 1.165) is 58.3 Å². The molecule has 0 aliphatic carbocycles. The molecule has 108 heavy (non-hydrogen) atoms. The Balaban J connectivity index is 1.47. The zero-order chi connectivity index (χ0) is 78.8. The predicted octanol–water partition coefficient (Wildman–Crippen LogP) is 13.3. The fourth-order valence-corrected chi connectivity index (χ4v) is 15.5. The lowest BCUT2D eigenvalue weighted by Crippen LogP contribution is -2.70. The normalized spacial score (nSPS) is 25.9. The molecule has 0 radical (unpaired) electrons. The minimum absolute atomic E-state index is 0.226. The van der Waals surface area contributed by atoms with Gasteiger partial charge in [0.15, 0.2) is 12.6 Å². The molecule has 0 aromatic carbocycles. The predicted molar refractivity (Wildman–Crippen MR) is 422 cm³/mol. The molecule has 18 unspecified atom stereocenters. The highest BCUT2D eigenvalue weighted by molar-refractivity contribution is 5.77. The maximum Gasteiger partial charge on any atom is 0.364 e. The van der Waals surface area contributed by atoms with Crippen LogP contribution in [-0.2, 0) is 42.8 Å². The third-order valence-corrected chi connectivity index (χ3v) is 22.5. The number of hydrogen-bond donors (Lipinski definition) is 14. The summed E-state index contributed by atoms with van der Waals surface area (Å²) in [6, 6.07) is -2.53. The first-order valence-electron chi connectivity index (χ1n) is 44.0. The van der Waals surface area contributed by atoms with Crippen molar-refractivity contribution in [3.05, 3.63) is 12.2 Å². The number of aliphatic hydroxyl groups excluding tert-OH is 11. The molecule has 3 rings (SSSR count). The van der Waals surface area contributed by atoms with Crippen LogP contribution in [-0.4, -0.2) is 215 Å². The zero-order valence-electron chi connectivity index (χ0n) is 67.7. The van der Waals surface area contributed by atoms with Crippen molar-refractivity contribution < 1.29 is 104 Å². The van der Waals surface area contributed by atoms with E-state index in [-0.39, 0.29) is 18.9 Å². The van der Waals surface area contributed by atoms with Gasteiger partial charge in [-0.05, 0) is 38.5 Å². The quantitative estimate of drug-likeness (QED) is 0.0199. The van der Waals surface area contributed by atoms with Gasteiger partial charge in [-0.1, -0.05) is 328 Å². The average molecular weight is 1550 g/mol. The average Bonchev–Trinajstić information content (AvgIpc) is 0.755. The van der Waals surface area contributed by atoms with Crippen molar-refractivity contribution in [3.63, 3.8) is 0 Å². The number of carbonyl (C=O) groups excluding carboxylic acids is 2. The Hall–Kier alpha value is -2.53. The van der Waals surface area contributed by atoms with Crippen molar-refractivity contribution in [1.29, 1.82) is 0 Å². The molecule has 23 nitrogen and oxygen atoms in total. The van der Waals surface area contributed by atoms with Gasteiger partial charge in [0.1, 0.15) is 67.1 Å². The molecule has 3 saturated heterocycles. The second kappa shape index (κ2) is 63.7. The number of allylic oxidation sites excluding steroid dienone is 2. The molecule has 0 saturated carbocycles. The molecule has 3 fully saturated rings. The van der Waals surface area contributed by atoms with Gasteiger partial charge in [-0.15, -0.1) is 0 Å². The van der Waals surface area contributed by atoms with Crippen LogP contribution >= 0.6 is 0 Å². The van der Waals surface area contributed by atoms with E-state index in [4.69, 9.17) is 28.4 Å². The molecule has 0 bridgehead atoms. The summed E-state index contributed by atoms with van der Waals surface area (Å²) in [6.45, 7) is 2.28. The Morgan fingerprint density at radius 1 is 0.472 bits per heavy atom. The molecule has 3 aliphatic rings. The molecule has 3 aliphatic heterocycles. The van der Waals surface area contributed by atoms with Gasteiger partial charge in [0.2, 0.25) is 11.8 Å². The third kappa shape index (κ3) is 42.7. The number of carboxylic acids is 1. The fourth-order valence-electron chi connectivity index (χ4n) is 15.5. The van der Waals surface area contributed by atoms with Crippen LogP contribution in [0.1, 0.15) is 374 Å². The van der Waals surface area contributed by atoms with Gasteiger partial charge in [0.05, 0.1) is 50.7 Å². The van der Waals surface area contributed by atoms with Crippen molar-refractivity contribution in [2.75, 3.05) is 26.4 Å². The second-order valence-electron chi connectivity index (χ2n) is 32.1. The first-order valence-corrected chi connectivity index (χ1v) is 44.0. The van der Waals surface area contributed by atoms with Crippen LogP contribution in [0.15, 0.2) is 12.2 Å². The number of unbranched alkanes of at least 4 members (excludes halogenated alkanes) is 49. The summed E-state index contributed by atoms with van der Waals surface area (Å²) in [5.74, 6) is -6.09. The Labute approximate surface area is 651 Å². The number of carbonyl (C=O) groups is 3. The van der Waals surface area contributed by atoms with Crippen molar-refractivity contribution in [3.8, 4) is 0 Å². The molecule has 3 heterocycles. The molecule has 2 amide bonds. The maximum atomic E-state index is 13.6. The minimum Gasteiger partial charge on any atom is -0.477 e. The van der Waals surface area contributed by atoms with E-state index in [1.165, 1.54) is 270 Å². The van der Waals surface area contributed by atoms with Crippen LogP contribution in [0.3, 0.4) is 0 Å². The van der Waals surface area contributed by atoms with E-state index in [0.29, 0.717) is 19.3 Å². The van der Waals surface area contributed by atoms with Gasteiger partial charge in [-0.3, -0.25) is 9.59 Å². The maximum absolute atomic E-state index is 13.6. The van der Waals surface area contributed by atoms with Crippen LogP contribution in [0.25, 0.3) is 0 Å². The summed E-state index contributed by atoms with van der Waals surface area (Å²) in [5.41, 5.74) is 0. The molecular formula is C85H160N2O21. The largest absolute Gasteiger partial charge is 0.477 e. The molecule has 0 aromatic heterocycles. The van der Waals surface area contributed by atoms with Crippen molar-refractivity contribution in [2.24, 2.45) is 0 Å². The van der Waals surface area contributed by atoms with E-state index in [1.54, 1.807) is 0 Å². The minimum atomic E-state index is -3.08. The van der Waals surface area contributed by atoms with Crippen LogP contribution in [0, 0.1) is 0 Å². The first-order chi connectivity index (χ1) is 52.4. The molecule has 23 heteroatoms. The number of amides is 2. The number of hydrogen-bond acceptors (Lipinski definition) is 20. The van der Waals surface area contributed by atoms with E-state index in [1.807, 2.05) is 0 Å². The highest BCUT2D eigenvalue weighted by Crippen LogP contribution is 2.39. The molecule has 0 spiro atoms. The Morgan fingerprint density at radius 2 is 0.861 bits per heavy atom. The molecule has 14 N–H and O–H groups in total. The van der Waals surface area contributed by atoms with Crippen molar-refractivity contribution in [2.45, 2.75) is 484 Å². The van der Waals surface area contributed by atoms with Gasteiger partial charge in [-0.2, -0.15) is 0 Å². The van der Waals surface area contributed by atoms with Crippen LogP contribution in [0.2, 0.25) is 0 Å². The van der Waals surface area contributed by atoms with Crippen LogP contribution in [0.4, 0.5) is 0 Å². The van der Waals surface area contributed by atoms with E-state index in [9.17, 15) is 75.7 Å². The summed E-state index contributed by atoms with van der Waals surface area (Å²) in [6.07, 6.45) is 42.1. The van der Waals surface area contributed by atoms with Gasteiger partial charge in [-0.25, -0.2) is 4.79 Å². The Kier molecular flexibility index (Phi) is 58.8. The van der Waals surface area contributed by atoms with Gasteiger partial charge in [0, 0.05) is 19.8 Å². The number of ether oxygens (including phenoxy) is 6. The van der Waals surface area contributed by atoms with Crippen molar-refractivity contribution >= 4 is 17.8 Å². The zero-order valence-corrected chi connectivity index (χ0v) is 67.7. The summed E-state index contributed by atoms with van der Waals surface area (Å²) >= 11 is 0. The number of nitrogens with one attached hydrogen (secondary N) is 2. The second-order valence-corrected chi connectivity index (χ2v) is 32.1. The summed E-state index contributed by atoms with van der Waals surface area (Å²) in [7, 11) is 0. The molecule has 0 aromatic rings. The van der Waals surface area contributed by atoms with Gasteiger partial charge >= 0.3 is 5.97 Å². The van der Waals surface area contributed by atoms with Crippen LogP contribution in [0.5, 0.6) is 0 Å². The Morgan fingerprint density at radius 3 is 1.25 bits per heavy atom. The first kappa shape index (κ1) is 99.7. The van der Waals surface area contributed by atoms with Gasteiger partial charge in [0.25, 0.3) is 5.79 Å². The molecule has 18 atom stereocenters. The third-order valence-electron chi connectivity index (χ3n) is 22.5. The van der Waals surface area contributed by atoms with E-state index < -0.39 is 148 Å². The highest BCUT2D eigenvalue weighted by atomic mass is 16.8. The van der Waals surface area contributed by atoms with Crippen LogP contribution < -0.4 is 10.6 Å². The van der Waals surface area contributed by atoms with Gasteiger partial charge < -0.3 is 100 Å². The molecular weight excluding hydrogens is 1380 g/mol. The number of aliphatic carboxylic acids is 1. The number of rotatable bonds is 71. The van der Waals surface area contributed by atoms with E-state index in [2.05, 4.69) is 36.6 Å². The smallest absolute Gasteiger partial charge is 0.364 e. The number of aliphatic hydroxyl groups is 11. The fraction of sp³-hybridized carbons (Fsp3) is 0.941. The lowest BCUT2D eigenvalue weighted by atomic mass is 9.88. The molecule has 636 valence electrons. The Bertz CT molecular complexity index is 2190. The summed E-state index contributed by atoms with van der Waals surface area (Å²) in [4.78, 5) is 38.8. The van der Waals surface area contributed by atoms with Crippen molar-refractivity contribution in [1.82, 2.24) is 10.6 Å². The lowest BCUT2D eigenvalue weighted by molar-refractivity contribution is -0.386. The lowest BCUT2D eigenvalue weighted by Gasteiger charge is -2.50. The monoisotopic (exact) mass is 1550 g/mol.